The fourth-order valence-electron chi connectivity index (χ4n) is 2.80. The number of anilines is 1. The van der Waals surface area contributed by atoms with Gasteiger partial charge >= 0.3 is 0 Å². The Morgan fingerprint density at radius 2 is 1.86 bits per heavy atom. The number of Topliss-reactive ketones (excluding diaryl/α,β-unsaturated/α-hetero) is 1. The zero-order valence-corrected chi connectivity index (χ0v) is 17.2. The molecule has 0 aliphatic heterocycles. The van der Waals surface area contributed by atoms with E-state index in [2.05, 4.69) is 15.3 Å². The van der Waals surface area contributed by atoms with Crippen LogP contribution in [-0.2, 0) is 4.79 Å². The van der Waals surface area contributed by atoms with Crippen LogP contribution in [0.5, 0.6) is 5.88 Å². The van der Waals surface area contributed by atoms with Crippen molar-refractivity contribution in [1.82, 2.24) is 9.97 Å². The summed E-state index contributed by atoms with van der Waals surface area (Å²) in [4.78, 5) is 34.8. The molecule has 0 fully saturated rings. The van der Waals surface area contributed by atoms with Gasteiger partial charge in [0.05, 0.1) is 5.39 Å². The van der Waals surface area contributed by atoms with Gasteiger partial charge in [-0.15, -0.1) is 11.3 Å². The molecule has 0 radical (unpaired) electrons. The summed E-state index contributed by atoms with van der Waals surface area (Å²) in [5, 5.41) is 3.69. The highest BCUT2D eigenvalue weighted by molar-refractivity contribution is 7.18. The second kappa shape index (κ2) is 8.48. The van der Waals surface area contributed by atoms with Crippen molar-refractivity contribution in [2.45, 2.75) is 34.1 Å². The molecule has 0 bridgehead atoms. The number of nitrogens with zero attached hydrogens (tertiary/aromatic N) is 2. The molecular formula is C21H23N3O3S. The average molecular weight is 398 g/mol. The summed E-state index contributed by atoms with van der Waals surface area (Å²) in [5.74, 6) is 0.530. The number of fused-ring (bicyclic) bond motifs is 1. The molecule has 6 nitrogen and oxygen atoms in total. The third-order valence-electron chi connectivity index (χ3n) is 4.35. The van der Waals surface area contributed by atoms with Crippen LogP contribution in [0.1, 0.15) is 41.1 Å². The fourth-order valence-corrected chi connectivity index (χ4v) is 3.79. The van der Waals surface area contributed by atoms with Crippen molar-refractivity contribution in [3.05, 3.63) is 46.6 Å². The monoisotopic (exact) mass is 397 g/mol. The zero-order chi connectivity index (χ0) is 20.3. The summed E-state index contributed by atoms with van der Waals surface area (Å²) in [6.45, 7) is 7.90. The van der Waals surface area contributed by atoms with E-state index in [9.17, 15) is 9.59 Å². The number of thiophene rings is 1. The number of carbonyl (C=O) groups excluding carboxylic acids is 2. The minimum atomic E-state index is -0.156. The Hall–Kier alpha value is -2.80. The van der Waals surface area contributed by atoms with E-state index >= 15 is 0 Å². The lowest BCUT2D eigenvalue weighted by Gasteiger charge is -2.09. The number of amides is 1. The van der Waals surface area contributed by atoms with Crippen molar-refractivity contribution in [3.8, 4) is 5.88 Å². The molecule has 0 aliphatic rings. The van der Waals surface area contributed by atoms with Gasteiger partial charge in [-0.2, -0.15) is 0 Å². The summed E-state index contributed by atoms with van der Waals surface area (Å²) < 4.78 is 5.70. The van der Waals surface area contributed by atoms with E-state index in [1.54, 1.807) is 35.6 Å². The Bertz CT molecular complexity index is 1010. The molecule has 7 heteroatoms. The van der Waals surface area contributed by atoms with Gasteiger partial charge in [-0.1, -0.05) is 13.8 Å². The molecular weight excluding hydrogens is 374 g/mol. The van der Waals surface area contributed by atoms with E-state index < -0.39 is 0 Å². The van der Waals surface area contributed by atoms with Crippen LogP contribution in [0.3, 0.4) is 0 Å². The first-order valence-electron chi connectivity index (χ1n) is 9.11. The van der Waals surface area contributed by atoms with E-state index in [-0.39, 0.29) is 18.3 Å². The summed E-state index contributed by atoms with van der Waals surface area (Å²) in [5.41, 5.74) is 2.26. The first-order valence-corrected chi connectivity index (χ1v) is 9.93. The van der Waals surface area contributed by atoms with Crippen molar-refractivity contribution in [1.29, 1.82) is 0 Å². The number of aryl methyl sites for hydroxylation is 2. The number of hydrogen-bond donors (Lipinski definition) is 1. The van der Waals surface area contributed by atoms with E-state index in [0.717, 1.165) is 20.7 Å². The van der Waals surface area contributed by atoms with Gasteiger partial charge in [0.2, 0.25) is 11.8 Å². The average Bonchev–Trinajstić information content (AvgIpc) is 2.94. The maximum atomic E-state index is 12.5. The van der Waals surface area contributed by atoms with Crippen LogP contribution in [0.2, 0.25) is 0 Å². The highest BCUT2D eigenvalue weighted by atomic mass is 32.1. The second-order valence-corrected chi connectivity index (χ2v) is 8.28. The Balaban J connectivity index is 1.65. The fraction of sp³-hybridized carbons (Fsp3) is 0.333. The smallest absolute Gasteiger partial charge is 0.226 e. The predicted molar refractivity (Wildman–Crippen MR) is 111 cm³/mol. The van der Waals surface area contributed by atoms with E-state index in [4.69, 9.17) is 4.74 Å². The van der Waals surface area contributed by atoms with Crippen LogP contribution in [-0.4, -0.2) is 28.3 Å². The molecule has 0 saturated carbocycles. The van der Waals surface area contributed by atoms with E-state index in [0.29, 0.717) is 29.5 Å². The minimum absolute atomic E-state index is 0.0355. The molecule has 146 valence electrons. The molecule has 1 amide bonds. The number of hydrogen-bond acceptors (Lipinski definition) is 6. The van der Waals surface area contributed by atoms with Crippen molar-refractivity contribution in [2.75, 3.05) is 11.9 Å². The maximum Gasteiger partial charge on any atom is 0.226 e. The molecule has 0 spiro atoms. The summed E-state index contributed by atoms with van der Waals surface area (Å²) in [7, 11) is 0. The third kappa shape index (κ3) is 4.54. The Morgan fingerprint density at radius 3 is 2.54 bits per heavy atom. The number of carbonyl (C=O) groups is 2. The molecule has 2 aromatic heterocycles. The first kappa shape index (κ1) is 19.9. The lowest BCUT2D eigenvalue weighted by atomic mass is 10.1. The van der Waals surface area contributed by atoms with Crippen LogP contribution < -0.4 is 10.1 Å². The van der Waals surface area contributed by atoms with Crippen LogP contribution in [0.25, 0.3) is 10.2 Å². The lowest BCUT2D eigenvalue weighted by Crippen LogP contribution is -2.15. The van der Waals surface area contributed by atoms with E-state index in [1.165, 1.54) is 6.33 Å². The Kier molecular flexibility index (Phi) is 6.04. The van der Waals surface area contributed by atoms with E-state index in [1.807, 2.05) is 27.7 Å². The largest absolute Gasteiger partial charge is 0.469 e. The highest BCUT2D eigenvalue weighted by Crippen LogP contribution is 2.33. The quantitative estimate of drug-likeness (QED) is 0.591. The molecule has 0 unspecified atom stereocenters. The minimum Gasteiger partial charge on any atom is -0.469 e. The molecule has 2 heterocycles. The normalized spacial score (nSPS) is 11.0. The van der Waals surface area contributed by atoms with Gasteiger partial charge in [0.1, 0.15) is 11.2 Å². The predicted octanol–water partition coefficient (Wildman–Crippen LogP) is 4.55. The molecule has 28 heavy (non-hydrogen) atoms. The Labute approximate surface area is 168 Å². The van der Waals surface area contributed by atoms with Crippen LogP contribution >= 0.6 is 11.3 Å². The molecule has 0 atom stereocenters. The SMILES string of the molecule is Cc1sc2ncnc(OCC(=O)c3ccc(NC(=O)CC(C)C)cc3)c2c1C. The van der Waals surface area contributed by atoms with Gasteiger partial charge in [-0.25, -0.2) is 9.97 Å². The molecule has 1 N–H and O–H groups in total. The standard InChI is InChI=1S/C21H23N3O3S/c1-12(2)9-18(26)24-16-7-5-15(6-8-16)17(25)10-27-20-19-13(3)14(4)28-21(19)23-11-22-20/h5-8,11-12H,9-10H2,1-4H3,(H,24,26). The number of benzene rings is 1. The number of nitrogens with one attached hydrogen (secondary N) is 1. The van der Waals surface area contributed by atoms with Crippen LogP contribution in [0.15, 0.2) is 30.6 Å². The topological polar surface area (TPSA) is 81.2 Å². The van der Waals surface area contributed by atoms with Crippen molar-refractivity contribution in [3.63, 3.8) is 0 Å². The van der Waals surface area contributed by atoms with Crippen molar-refractivity contribution >= 4 is 38.9 Å². The molecule has 0 aliphatic carbocycles. The third-order valence-corrected chi connectivity index (χ3v) is 5.47. The van der Waals surface area contributed by atoms with Crippen LogP contribution in [0.4, 0.5) is 5.69 Å². The highest BCUT2D eigenvalue weighted by Gasteiger charge is 2.15. The number of ketones is 1. The van der Waals surface area contributed by atoms with Gasteiger partial charge in [-0.3, -0.25) is 9.59 Å². The van der Waals surface area contributed by atoms with Gasteiger partial charge < -0.3 is 10.1 Å². The van der Waals surface area contributed by atoms with Crippen molar-refractivity contribution < 1.29 is 14.3 Å². The molecule has 3 rings (SSSR count). The van der Waals surface area contributed by atoms with Crippen molar-refractivity contribution in [2.24, 2.45) is 5.92 Å². The van der Waals surface area contributed by atoms with Gasteiger partial charge in [0.25, 0.3) is 0 Å². The maximum absolute atomic E-state index is 12.5. The zero-order valence-electron chi connectivity index (χ0n) is 16.4. The van der Waals surface area contributed by atoms with Gasteiger partial charge in [-0.05, 0) is 49.6 Å². The second-order valence-electron chi connectivity index (χ2n) is 7.08. The number of rotatable bonds is 7. The summed E-state index contributed by atoms with van der Waals surface area (Å²) in [6, 6.07) is 6.82. The molecule has 0 saturated heterocycles. The summed E-state index contributed by atoms with van der Waals surface area (Å²) >= 11 is 1.58. The van der Waals surface area contributed by atoms with Crippen LogP contribution in [0, 0.1) is 19.8 Å². The summed E-state index contributed by atoms with van der Waals surface area (Å²) in [6.07, 6.45) is 1.91. The van der Waals surface area contributed by atoms with Gasteiger partial charge in [0, 0.05) is 22.5 Å². The number of aromatic nitrogens is 2. The Morgan fingerprint density at radius 1 is 1.14 bits per heavy atom. The van der Waals surface area contributed by atoms with Gasteiger partial charge in [0.15, 0.2) is 12.4 Å². The molecule has 1 aromatic carbocycles. The molecule has 3 aromatic rings. The first-order chi connectivity index (χ1) is 13.3. The lowest BCUT2D eigenvalue weighted by molar-refractivity contribution is -0.116. The number of ether oxygens (including phenoxy) is 1.